The maximum Gasteiger partial charge on any atom is 0.226 e. The lowest BCUT2D eigenvalue weighted by atomic mass is 9.71. The van der Waals surface area contributed by atoms with Crippen LogP contribution in [-0.4, -0.2) is 37.0 Å². The first kappa shape index (κ1) is 12.5. The molecule has 3 nitrogen and oxygen atoms in total. The van der Waals surface area contributed by atoms with Gasteiger partial charge in [0.05, 0.1) is 0 Å². The molecule has 1 spiro atoms. The maximum atomic E-state index is 12.4. The highest BCUT2D eigenvalue weighted by Crippen LogP contribution is 2.53. The van der Waals surface area contributed by atoms with Crippen LogP contribution in [0.4, 0.5) is 0 Å². The second-order valence-corrected chi connectivity index (χ2v) is 7.32. The van der Waals surface area contributed by atoms with E-state index in [1.165, 1.54) is 38.8 Å². The molecule has 1 N–H and O–H groups in total. The van der Waals surface area contributed by atoms with Crippen molar-refractivity contribution in [3.8, 4) is 0 Å². The number of amides is 1. The van der Waals surface area contributed by atoms with E-state index in [-0.39, 0.29) is 5.41 Å². The van der Waals surface area contributed by atoms with Gasteiger partial charge in [-0.2, -0.15) is 0 Å². The predicted octanol–water partition coefficient (Wildman–Crippen LogP) is 2.02. The molecule has 102 valence electrons. The van der Waals surface area contributed by atoms with E-state index in [2.05, 4.69) is 24.1 Å². The van der Waals surface area contributed by atoms with Crippen LogP contribution < -0.4 is 5.32 Å². The van der Waals surface area contributed by atoms with Crippen molar-refractivity contribution in [2.45, 2.75) is 46.0 Å². The summed E-state index contributed by atoms with van der Waals surface area (Å²) in [4.78, 5) is 14.5. The Morgan fingerprint density at radius 2 is 1.67 bits per heavy atom. The molecule has 2 saturated heterocycles. The molecule has 3 heteroatoms. The molecule has 3 rings (SSSR count). The van der Waals surface area contributed by atoms with E-state index >= 15 is 0 Å². The standard InChI is InChI=1S/C15H26N2O/c1-14(2)11-12(14)13(18)17-9-5-15(6-10-17)3-7-16-8-4-15/h12,16H,3-11H2,1-2H3. The Balaban J connectivity index is 1.55. The average Bonchev–Trinajstić information content (AvgIpc) is 3.00. The molecular weight excluding hydrogens is 224 g/mol. The smallest absolute Gasteiger partial charge is 0.226 e. The van der Waals surface area contributed by atoms with Gasteiger partial charge in [0.1, 0.15) is 0 Å². The predicted molar refractivity (Wildman–Crippen MR) is 72.2 cm³/mol. The zero-order valence-electron chi connectivity index (χ0n) is 11.8. The molecule has 1 atom stereocenters. The molecule has 3 aliphatic rings. The number of likely N-dealkylation sites (tertiary alicyclic amines) is 1. The minimum atomic E-state index is 0.279. The molecule has 1 saturated carbocycles. The number of carbonyl (C=O) groups excluding carboxylic acids is 1. The van der Waals surface area contributed by atoms with Gasteiger partial charge in [-0.1, -0.05) is 13.8 Å². The highest BCUT2D eigenvalue weighted by molar-refractivity contribution is 5.82. The van der Waals surface area contributed by atoms with E-state index in [0.29, 0.717) is 17.2 Å². The Morgan fingerprint density at radius 1 is 1.11 bits per heavy atom. The van der Waals surface area contributed by atoms with Gasteiger partial charge in [0.15, 0.2) is 0 Å². The quantitative estimate of drug-likeness (QED) is 0.772. The highest BCUT2D eigenvalue weighted by atomic mass is 16.2. The lowest BCUT2D eigenvalue weighted by Gasteiger charge is -2.44. The Bertz CT molecular complexity index is 334. The Labute approximate surface area is 110 Å². The first-order valence-electron chi connectivity index (χ1n) is 7.52. The molecule has 18 heavy (non-hydrogen) atoms. The van der Waals surface area contributed by atoms with Gasteiger partial charge >= 0.3 is 0 Å². The number of piperidine rings is 2. The van der Waals surface area contributed by atoms with Crippen molar-refractivity contribution in [1.82, 2.24) is 10.2 Å². The Hall–Kier alpha value is -0.570. The van der Waals surface area contributed by atoms with Crippen molar-refractivity contribution in [1.29, 1.82) is 0 Å². The van der Waals surface area contributed by atoms with Crippen LogP contribution in [0.5, 0.6) is 0 Å². The van der Waals surface area contributed by atoms with Crippen LogP contribution in [0.2, 0.25) is 0 Å². The number of hydrogen-bond acceptors (Lipinski definition) is 2. The van der Waals surface area contributed by atoms with E-state index in [1.54, 1.807) is 0 Å². The summed E-state index contributed by atoms with van der Waals surface area (Å²) in [5.74, 6) is 0.753. The number of nitrogens with zero attached hydrogens (tertiary/aromatic N) is 1. The maximum absolute atomic E-state index is 12.4. The third kappa shape index (κ3) is 2.18. The van der Waals surface area contributed by atoms with E-state index in [4.69, 9.17) is 0 Å². The molecule has 3 fully saturated rings. The minimum Gasteiger partial charge on any atom is -0.342 e. The van der Waals surface area contributed by atoms with Crippen molar-refractivity contribution < 1.29 is 4.79 Å². The molecule has 0 aromatic rings. The summed E-state index contributed by atoms with van der Waals surface area (Å²) in [5.41, 5.74) is 0.835. The number of rotatable bonds is 1. The van der Waals surface area contributed by atoms with Crippen LogP contribution in [0.1, 0.15) is 46.0 Å². The first-order valence-corrected chi connectivity index (χ1v) is 7.52. The lowest BCUT2D eigenvalue weighted by molar-refractivity contribution is -0.136. The fourth-order valence-electron chi connectivity index (χ4n) is 3.77. The average molecular weight is 250 g/mol. The SMILES string of the molecule is CC1(C)CC1C(=O)N1CCC2(CCNCC2)CC1. The van der Waals surface area contributed by atoms with E-state index in [1.807, 2.05) is 0 Å². The summed E-state index contributed by atoms with van der Waals surface area (Å²) in [7, 11) is 0. The lowest BCUT2D eigenvalue weighted by Crippen LogP contribution is -2.47. The fraction of sp³-hybridized carbons (Fsp3) is 0.933. The van der Waals surface area contributed by atoms with Gasteiger partial charge in [0, 0.05) is 19.0 Å². The summed E-state index contributed by atoms with van der Waals surface area (Å²) in [6, 6.07) is 0. The topological polar surface area (TPSA) is 32.3 Å². The van der Waals surface area contributed by atoms with Crippen LogP contribution in [0, 0.1) is 16.7 Å². The van der Waals surface area contributed by atoms with Crippen LogP contribution in [0.3, 0.4) is 0 Å². The second-order valence-electron chi connectivity index (χ2n) is 7.32. The Kier molecular flexibility index (Phi) is 2.92. The van der Waals surface area contributed by atoms with Crippen molar-refractivity contribution in [2.75, 3.05) is 26.2 Å². The molecule has 1 unspecified atom stereocenters. The van der Waals surface area contributed by atoms with Gasteiger partial charge in [0.2, 0.25) is 5.91 Å². The third-order valence-electron chi connectivity index (χ3n) is 5.61. The number of hydrogen-bond donors (Lipinski definition) is 1. The highest BCUT2D eigenvalue weighted by Gasteiger charge is 2.52. The monoisotopic (exact) mass is 250 g/mol. The van der Waals surface area contributed by atoms with Crippen molar-refractivity contribution in [2.24, 2.45) is 16.7 Å². The van der Waals surface area contributed by atoms with Gasteiger partial charge in [-0.3, -0.25) is 4.79 Å². The fourth-order valence-corrected chi connectivity index (χ4v) is 3.77. The molecule has 0 radical (unpaired) electrons. The summed E-state index contributed by atoms with van der Waals surface area (Å²) in [6.07, 6.45) is 6.17. The van der Waals surface area contributed by atoms with Crippen molar-refractivity contribution in [3.05, 3.63) is 0 Å². The number of carbonyl (C=O) groups is 1. The zero-order valence-corrected chi connectivity index (χ0v) is 11.8. The van der Waals surface area contributed by atoms with Crippen LogP contribution in [0.15, 0.2) is 0 Å². The van der Waals surface area contributed by atoms with Gasteiger partial charge in [-0.15, -0.1) is 0 Å². The molecule has 1 aliphatic carbocycles. The molecule has 0 bridgehead atoms. The normalized spacial score (nSPS) is 33.4. The summed E-state index contributed by atoms with van der Waals surface area (Å²) >= 11 is 0. The van der Waals surface area contributed by atoms with E-state index < -0.39 is 0 Å². The van der Waals surface area contributed by atoms with E-state index in [0.717, 1.165) is 19.5 Å². The molecule has 0 aromatic carbocycles. The van der Waals surface area contributed by atoms with Gasteiger partial charge in [-0.25, -0.2) is 0 Å². The Morgan fingerprint density at radius 3 is 2.17 bits per heavy atom. The molecule has 2 heterocycles. The molecule has 2 aliphatic heterocycles. The summed E-state index contributed by atoms with van der Waals surface area (Å²) in [6.45, 7) is 8.78. The van der Waals surface area contributed by atoms with Gasteiger partial charge < -0.3 is 10.2 Å². The van der Waals surface area contributed by atoms with Crippen LogP contribution in [-0.2, 0) is 4.79 Å². The first-order chi connectivity index (χ1) is 8.53. The zero-order chi connectivity index (χ0) is 12.8. The van der Waals surface area contributed by atoms with Crippen molar-refractivity contribution in [3.63, 3.8) is 0 Å². The largest absolute Gasteiger partial charge is 0.342 e. The summed E-state index contributed by atoms with van der Waals surface area (Å²) in [5, 5.41) is 3.45. The van der Waals surface area contributed by atoms with Gasteiger partial charge in [0.25, 0.3) is 0 Å². The second kappa shape index (κ2) is 4.22. The van der Waals surface area contributed by atoms with Gasteiger partial charge in [-0.05, 0) is 56.0 Å². The van der Waals surface area contributed by atoms with Crippen molar-refractivity contribution >= 4 is 5.91 Å². The van der Waals surface area contributed by atoms with E-state index in [9.17, 15) is 4.79 Å². The third-order valence-corrected chi connectivity index (χ3v) is 5.61. The number of nitrogens with one attached hydrogen (secondary N) is 1. The summed E-state index contributed by atoms with van der Waals surface area (Å²) < 4.78 is 0. The molecule has 0 aromatic heterocycles. The van der Waals surface area contributed by atoms with Crippen LogP contribution >= 0.6 is 0 Å². The van der Waals surface area contributed by atoms with Crippen LogP contribution in [0.25, 0.3) is 0 Å². The molecule has 1 amide bonds. The molecular formula is C15H26N2O. The minimum absolute atomic E-state index is 0.279.